The second kappa shape index (κ2) is 7.12. The zero-order chi connectivity index (χ0) is 18.7. The molecule has 0 bridgehead atoms. The minimum Gasteiger partial charge on any atom is -0.339 e. The summed E-state index contributed by atoms with van der Waals surface area (Å²) in [6.07, 6.45) is 1.63. The Balaban J connectivity index is 1.86. The first-order valence-corrected chi connectivity index (χ1v) is 8.74. The third-order valence-electron chi connectivity index (χ3n) is 4.41. The third-order valence-corrected chi connectivity index (χ3v) is 4.41. The van der Waals surface area contributed by atoms with E-state index in [0.717, 1.165) is 11.4 Å². The maximum atomic E-state index is 4.56. The number of anilines is 4. The van der Waals surface area contributed by atoms with Crippen LogP contribution in [-0.2, 0) is 5.41 Å². The van der Waals surface area contributed by atoms with Crippen molar-refractivity contribution >= 4 is 23.1 Å². The van der Waals surface area contributed by atoms with E-state index in [2.05, 4.69) is 72.6 Å². The number of para-hydroxylation sites is 1. The molecule has 5 heteroatoms. The summed E-state index contributed by atoms with van der Waals surface area (Å²) in [5, 5.41) is 14.8. The molecule has 0 amide bonds. The van der Waals surface area contributed by atoms with Crippen molar-refractivity contribution in [2.45, 2.75) is 40.0 Å². The molecule has 0 saturated carbocycles. The average molecular weight is 347 g/mol. The molecule has 0 aliphatic heterocycles. The molecule has 0 saturated heterocycles. The van der Waals surface area contributed by atoms with Crippen molar-refractivity contribution in [1.82, 2.24) is 15.2 Å². The van der Waals surface area contributed by atoms with Crippen LogP contribution in [0.5, 0.6) is 0 Å². The number of hydrogen-bond donors (Lipinski definition) is 2. The summed E-state index contributed by atoms with van der Waals surface area (Å²) in [5.41, 5.74) is 5.66. The number of aryl methyl sites for hydroxylation is 1. The standard InChI is InChI=1S/C21H25N5/c1-14-9-8-12-17(15(14)2)23-19-13-22-26-20(25-19)24-18-11-7-6-10-16(18)21(3,4)5/h6-13H,1-5H3,(H2,23,24,25,26). The van der Waals surface area contributed by atoms with E-state index in [9.17, 15) is 0 Å². The predicted octanol–water partition coefficient (Wildman–Crippen LogP) is 5.27. The van der Waals surface area contributed by atoms with Gasteiger partial charge in [-0.05, 0) is 48.1 Å². The topological polar surface area (TPSA) is 62.7 Å². The monoisotopic (exact) mass is 347 g/mol. The Hall–Kier alpha value is -2.95. The van der Waals surface area contributed by atoms with Gasteiger partial charge in [0.2, 0.25) is 5.95 Å². The molecule has 0 unspecified atom stereocenters. The van der Waals surface area contributed by atoms with Crippen molar-refractivity contribution in [3.05, 3.63) is 65.4 Å². The normalized spacial score (nSPS) is 11.3. The Morgan fingerprint density at radius 2 is 1.58 bits per heavy atom. The Bertz CT molecular complexity index is 912. The first-order valence-electron chi connectivity index (χ1n) is 8.74. The number of aromatic nitrogens is 3. The fourth-order valence-electron chi connectivity index (χ4n) is 2.81. The number of nitrogens with zero attached hydrogens (tertiary/aromatic N) is 3. The van der Waals surface area contributed by atoms with E-state index in [1.165, 1.54) is 16.7 Å². The lowest BCUT2D eigenvalue weighted by molar-refractivity contribution is 0.592. The molecule has 3 aromatic rings. The molecular formula is C21H25N5. The second-order valence-electron chi connectivity index (χ2n) is 7.46. The lowest BCUT2D eigenvalue weighted by atomic mass is 9.86. The molecule has 0 fully saturated rings. The lowest BCUT2D eigenvalue weighted by Crippen LogP contribution is -2.14. The van der Waals surface area contributed by atoms with E-state index in [-0.39, 0.29) is 5.41 Å². The first kappa shape index (κ1) is 17.9. The van der Waals surface area contributed by atoms with Crippen LogP contribution in [0.1, 0.15) is 37.5 Å². The minimum absolute atomic E-state index is 0.0194. The number of rotatable bonds is 4. The van der Waals surface area contributed by atoms with Gasteiger partial charge in [-0.25, -0.2) is 0 Å². The lowest BCUT2D eigenvalue weighted by Gasteiger charge is -2.22. The van der Waals surface area contributed by atoms with E-state index in [4.69, 9.17) is 0 Å². The molecule has 2 N–H and O–H groups in total. The van der Waals surface area contributed by atoms with Crippen molar-refractivity contribution in [3.63, 3.8) is 0 Å². The number of nitrogens with one attached hydrogen (secondary N) is 2. The summed E-state index contributed by atoms with van der Waals surface area (Å²) in [5.74, 6) is 1.13. The fourth-order valence-corrected chi connectivity index (χ4v) is 2.81. The summed E-state index contributed by atoms with van der Waals surface area (Å²) in [6, 6.07) is 14.4. The van der Waals surface area contributed by atoms with Crippen LogP contribution < -0.4 is 10.6 Å². The van der Waals surface area contributed by atoms with Gasteiger partial charge in [-0.3, -0.25) is 0 Å². The molecule has 2 aromatic carbocycles. The molecular weight excluding hydrogens is 322 g/mol. The summed E-state index contributed by atoms with van der Waals surface area (Å²) in [7, 11) is 0. The molecule has 0 aliphatic rings. The molecule has 0 spiro atoms. The largest absolute Gasteiger partial charge is 0.339 e. The zero-order valence-corrected chi connectivity index (χ0v) is 16.0. The van der Waals surface area contributed by atoms with Crippen LogP contribution in [-0.4, -0.2) is 15.2 Å². The van der Waals surface area contributed by atoms with Crippen molar-refractivity contribution < 1.29 is 0 Å². The van der Waals surface area contributed by atoms with E-state index in [1.807, 2.05) is 30.3 Å². The second-order valence-corrected chi connectivity index (χ2v) is 7.46. The van der Waals surface area contributed by atoms with Gasteiger partial charge in [0.15, 0.2) is 5.82 Å². The van der Waals surface area contributed by atoms with Crippen LogP contribution in [0.3, 0.4) is 0 Å². The highest BCUT2D eigenvalue weighted by Crippen LogP contribution is 2.30. The first-order chi connectivity index (χ1) is 12.3. The van der Waals surface area contributed by atoms with Gasteiger partial charge < -0.3 is 10.6 Å². The van der Waals surface area contributed by atoms with Gasteiger partial charge in [0.05, 0.1) is 6.20 Å². The molecule has 0 atom stereocenters. The van der Waals surface area contributed by atoms with Gasteiger partial charge >= 0.3 is 0 Å². The Morgan fingerprint density at radius 1 is 0.846 bits per heavy atom. The summed E-state index contributed by atoms with van der Waals surface area (Å²) >= 11 is 0. The van der Waals surface area contributed by atoms with E-state index < -0.39 is 0 Å². The predicted molar refractivity (Wildman–Crippen MR) is 107 cm³/mol. The van der Waals surface area contributed by atoms with Gasteiger partial charge in [0.1, 0.15) is 0 Å². The van der Waals surface area contributed by atoms with E-state index in [0.29, 0.717) is 11.8 Å². The molecule has 1 heterocycles. The van der Waals surface area contributed by atoms with Gasteiger partial charge in [-0.15, -0.1) is 5.10 Å². The quantitative estimate of drug-likeness (QED) is 0.673. The van der Waals surface area contributed by atoms with Crippen molar-refractivity contribution in [1.29, 1.82) is 0 Å². The Morgan fingerprint density at radius 3 is 2.35 bits per heavy atom. The Kier molecular flexibility index (Phi) is 4.89. The summed E-state index contributed by atoms with van der Waals surface area (Å²) in [6.45, 7) is 10.7. The summed E-state index contributed by atoms with van der Waals surface area (Å²) in [4.78, 5) is 4.56. The molecule has 26 heavy (non-hydrogen) atoms. The molecule has 134 valence electrons. The molecule has 0 radical (unpaired) electrons. The van der Waals surface area contributed by atoms with Crippen LogP contribution in [0.15, 0.2) is 48.7 Å². The fraction of sp³-hybridized carbons (Fsp3) is 0.286. The highest BCUT2D eigenvalue weighted by molar-refractivity contribution is 5.64. The van der Waals surface area contributed by atoms with Crippen molar-refractivity contribution in [3.8, 4) is 0 Å². The van der Waals surface area contributed by atoms with Gasteiger partial charge in [0, 0.05) is 11.4 Å². The van der Waals surface area contributed by atoms with Crippen LogP contribution in [0.2, 0.25) is 0 Å². The third kappa shape index (κ3) is 3.99. The van der Waals surface area contributed by atoms with Gasteiger partial charge in [-0.2, -0.15) is 10.1 Å². The smallest absolute Gasteiger partial charge is 0.249 e. The highest BCUT2D eigenvalue weighted by atomic mass is 15.3. The number of benzene rings is 2. The van der Waals surface area contributed by atoms with E-state index >= 15 is 0 Å². The highest BCUT2D eigenvalue weighted by Gasteiger charge is 2.18. The van der Waals surface area contributed by atoms with Gasteiger partial charge in [-0.1, -0.05) is 51.1 Å². The zero-order valence-electron chi connectivity index (χ0n) is 16.0. The van der Waals surface area contributed by atoms with Crippen molar-refractivity contribution in [2.24, 2.45) is 0 Å². The van der Waals surface area contributed by atoms with Crippen LogP contribution >= 0.6 is 0 Å². The molecule has 1 aromatic heterocycles. The van der Waals surface area contributed by atoms with Crippen molar-refractivity contribution in [2.75, 3.05) is 10.6 Å². The van der Waals surface area contributed by atoms with Crippen LogP contribution in [0.25, 0.3) is 0 Å². The Labute approximate surface area is 154 Å². The maximum absolute atomic E-state index is 4.56. The number of hydrogen-bond acceptors (Lipinski definition) is 5. The molecule has 0 aliphatic carbocycles. The van der Waals surface area contributed by atoms with E-state index in [1.54, 1.807) is 6.20 Å². The summed E-state index contributed by atoms with van der Waals surface area (Å²) < 4.78 is 0. The van der Waals surface area contributed by atoms with Crippen LogP contribution in [0.4, 0.5) is 23.1 Å². The average Bonchev–Trinajstić information content (AvgIpc) is 2.59. The SMILES string of the molecule is Cc1cccc(Nc2cnnc(Nc3ccccc3C(C)(C)C)n2)c1C. The minimum atomic E-state index is 0.0194. The maximum Gasteiger partial charge on any atom is 0.249 e. The van der Waals surface area contributed by atoms with Crippen LogP contribution in [0, 0.1) is 13.8 Å². The molecule has 5 nitrogen and oxygen atoms in total. The van der Waals surface area contributed by atoms with Gasteiger partial charge in [0.25, 0.3) is 0 Å². The molecule has 3 rings (SSSR count).